The van der Waals surface area contributed by atoms with E-state index in [4.69, 9.17) is 16.6 Å². The monoisotopic (exact) mass is 427 g/mol. The number of phenolic OH excluding ortho intramolecular Hbond substituents is 2. The maximum atomic E-state index is 10.1. The van der Waals surface area contributed by atoms with Crippen LogP contribution in [0.2, 0.25) is 5.02 Å². The van der Waals surface area contributed by atoms with Crippen LogP contribution in [0.15, 0.2) is 57.9 Å². The van der Waals surface area contributed by atoms with E-state index in [-0.39, 0.29) is 11.5 Å². The molecular weight excluding hydrogens is 406 g/mol. The van der Waals surface area contributed by atoms with E-state index in [1.165, 1.54) is 31.4 Å². The summed E-state index contributed by atoms with van der Waals surface area (Å²) in [5.74, 6) is -0.0184. The average Bonchev–Trinajstić information content (AvgIpc) is 3.10. The van der Waals surface area contributed by atoms with Crippen LogP contribution in [0.3, 0.4) is 0 Å². The first kappa shape index (κ1) is 19.7. The van der Waals surface area contributed by atoms with Crippen LogP contribution in [0.4, 0.5) is 0 Å². The first-order valence-electron chi connectivity index (χ1n) is 9.67. The van der Waals surface area contributed by atoms with Crippen LogP contribution in [-0.4, -0.2) is 27.1 Å². The summed E-state index contributed by atoms with van der Waals surface area (Å²) >= 11 is 7.74. The molecule has 29 heavy (non-hydrogen) atoms. The van der Waals surface area contributed by atoms with Crippen LogP contribution < -0.4 is 4.80 Å². The summed E-state index contributed by atoms with van der Waals surface area (Å²) in [7, 11) is 0. The molecule has 0 aliphatic heterocycles. The van der Waals surface area contributed by atoms with Gasteiger partial charge in [-0.3, -0.25) is 4.99 Å². The molecule has 1 saturated carbocycles. The van der Waals surface area contributed by atoms with E-state index >= 15 is 0 Å². The first-order valence-corrected chi connectivity index (χ1v) is 10.9. The third-order valence-electron chi connectivity index (χ3n) is 5.00. The summed E-state index contributed by atoms with van der Waals surface area (Å²) in [4.78, 5) is 5.79. The van der Waals surface area contributed by atoms with E-state index in [0.29, 0.717) is 16.6 Å². The third kappa shape index (κ3) is 4.71. The predicted octanol–water partition coefficient (Wildman–Crippen LogP) is 5.40. The van der Waals surface area contributed by atoms with Crippen LogP contribution in [0.5, 0.6) is 11.5 Å². The highest BCUT2D eigenvalue weighted by atomic mass is 35.5. The Morgan fingerprint density at radius 3 is 2.66 bits per heavy atom. The summed E-state index contributed by atoms with van der Waals surface area (Å²) in [5, 5.41) is 26.9. The molecule has 1 aliphatic carbocycles. The molecule has 2 N–H and O–H groups in total. The Bertz CT molecular complexity index is 1100. The topological polar surface area (TPSA) is 70.1 Å². The second-order valence-electron chi connectivity index (χ2n) is 7.13. The number of thiazole rings is 1. The smallest absolute Gasteiger partial charge is 0.206 e. The molecule has 1 aromatic heterocycles. The maximum absolute atomic E-state index is 10.1. The van der Waals surface area contributed by atoms with Gasteiger partial charge in [0.05, 0.1) is 18.0 Å². The Morgan fingerprint density at radius 2 is 1.90 bits per heavy atom. The molecule has 1 heterocycles. The minimum Gasteiger partial charge on any atom is -0.508 e. The van der Waals surface area contributed by atoms with Crippen molar-refractivity contribution >= 4 is 29.2 Å². The van der Waals surface area contributed by atoms with E-state index in [9.17, 15) is 10.2 Å². The van der Waals surface area contributed by atoms with Gasteiger partial charge >= 0.3 is 0 Å². The third-order valence-corrected chi connectivity index (χ3v) is 6.07. The van der Waals surface area contributed by atoms with E-state index in [0.717, 1.165) is 28.9 Å². The van der Waals surface area contributed by atoms with Gasteiger partial charge in [0.25, 0.3) is 0 Å². The van der Waals surface area contributed by atoms with Crippen molar-refractivity contribution < 1.29 is 10.2 Å². The number of benzene rings is 2. The average molecular weight is 428 g/mol. The molecule has 4 rings (SSSR count). The molecule has 3 aromatic rings. The van der Waals surface area contributed by atoms with Gasteiger partial charge in [-0.15, -0.1) is 11.3 Å². The number of phenols is 2. The van der Waals surface area contributed by atoms with Crippen LogP contribution in [0.25, 0.3) is 11.3 Å². The summed E-state index contributed by atoms with van der Waals surface area (Å²) in [6.07, 6.45) is 7.49. The van der Waals surface area contributed by atoms with Crippen molar-refractivity contribution in [3.63, 3.8) is 0 Å². The number of aromatic hydroxyl groups is 2. The normalized spacial score (nSPS) is 16.0. The zero-order valence-corrected chi connectivity index (χ0v) is 17.4. The second kappa shape index (κ2) is 8.84. The minimum atomic E-state index is -0.0281. The van der Waals surface area contributed by atoms with Gasteiger partial charge in [0.15, 0.2) is 0 Å². The molecule has 5 nitrogen and oxygen atoms in total. The molecule has 150 valence electrons. The van der Waals surface area contributed by atoms with Crippen LogP contribution in [0.1, 0.15) is 37.7 Å². The Labute approximate surface area is 178 Å². The number of hydrogen-bond donors (Lipinski definition) is 2. The molecule has 0 spiro atoms. The molecule has 0 radical (unpaired) electrons. The predicted molar refractivity (Wildman–Crippen MR) is 118 cm³/mol. The molecule has 0 atom stereocenters. The zero-order valence-electron chi connectivity index (χ0n) is 15.8. The van der Waals surface area contributed by atoms with E-state index in [1.54, 1.807) is 28.3 Å². The molecule has 0 bridgehead atoms. The fourth-order valence-corrected chi connectivity index (χ4v) is 4.57. The van der Waals surface area contributed by atoms with E-state index in [2.05, 4.69) is 5.10 Å². The van der Waals surface area contributed by atoms with Gasteiger partial charge < -0.3 is 10.2 Å². The number of aromatic nitrogens is 1. The van der Waals surface area contributed by atoms with Crippen molar-refractivity contribution in [2.75, 3.05) is 0 Å². The van der Waals surface area contributed by atoms with Crippen LogP contribution >= 0.6 is 22.9 Å². The minimum absolute atomic E-state index is 0.00967. The van der Waals surface area contributed by atoms with Crippen molar-refractivity contribution in [3.8, 4) is 22.8 Å². The zero-order chi connectivity index (χ0) is 20.2. The molecule has 0 amide bonds. The highest BCUT2D eigenvalue weighted by Gasteiger charge is 2.14. The number of hydrogen-bond acceptors (Lipinski definition) is 5. The standard InChI is InChI=1S/C22H22ClN3O2S/c23-17-6-4-5-15(11-17)20-14-29-22(25-18-7-2-1-3-8-18)26(20)24-13-16-9-10-19(27)12-21(16)28/h4-6,9-14,18,27-28H,1-3,7-8H2. The molecule has 0 unspecified atom stereocenters. The molecule has 1 fully saturated rings. The van der Waals surface area contributed by atoms with Gasteiger partial charge in [-0.05, 0) is 37.1 Å². The number of nitrogens with zero attached hydrogens (tertiary/aromatic N) is 3. The van der Waals surface area contributed by atoms with Crippen LogP contribution in [-0.2, 0) is 0 Å². The van der Waals surface area contributed by atoms with Crippen molar-refractivity contribution in [1.82, 2.24) is 4.68 Å². The lowest BCUT2D eigenvalue weighted by molar-refractivity contribution is 0.435. The van der Waals surface area contributed by atoms with Gasteiger partial charge in [0.2, 0.25) is 4.80 Å². The van der Waals surface area contributed by atoms with Gasteiger partial charge in [-0.25, -0.2) is 4.68 Å². The maximum Gasteiger partial charge on any atom is 0.206 e. The summed E-state index contributed by atoms with van der Waals surface area (Å²) in [6, 6.07) is 12.4. The van der Waals surface area contributed by atoms with Gasteiger partial charge in [0.1, 0.15) is 11.5 Å². The lowest BCUT2D eigenvalue weighted by Crippen LogP contribution is -2.19. The quantitative estimate of drug-likeness (QED) is 0.547. The first-order chi connectivity index (χ1) is 14.1. The van der Waals surface area contributed by atoms with E-state index < -0.39 is 0 Å². The molecule has 0 saturated heterocycles. The Kier molecular flexibility index (Phi) is 6.02. The summed E-state index contributed by atoms with van der Waals surface area (Å²) in [5.41, 5.74) is 2.36. The molecular formula is C22H22ClN3O2S. The Balaban J connectivity index is 1.78. The molecule has 1 aliphatic rings. The van der Waals surface area contributed by atoms with Crippen molar-refractivity contribution in [1.29, 1.82) is 0 Å². The second-order valence-corrected chi connectivity index (χ2v) is 8.41. The molecule has 7 heteroatoms. The van der Waals surface area contributed by atoms with Gasteiger partial charge in [0, 0.05) is 27.6 Å². The van der Waals surface area contributed by atoms with E-state index in [1.807, 2.05) is 29.6 Å². The van der Waals surface area contributed by atoms with Crippen LogP contribution in [0, 0.1) is 0 Å². The van der Waals surface area contributed by atoms with Crippen molar-refractivity contribution in [2.45, 2.75) is 38.1 Å². The van der Waals surface area contributed by atoms with Crippen molar-refractivity contribution in [3.05, 3.63) is 63.2 Å². The number of rotatable bonds is 4. The fraction of sp³-hybridized carbons (Fsp3) is 0.273. The largest absolute Gasteiger partial charge is 0.508 e. The lowest BCUT2D eigenvalue weighted by Gasteiger charge is -2.16. The fourth-order valence-electron chi connectivity index (χ4n) is 3.47. The highest BCUT2D eigenvalue weighted by molar-refractivity contribution is 7.07. The van der Waals surface area contributed by atoms with Gasteiger partial charge in [-0.2, -0.15) is 5.10 Å². The summed E-state index contributed by atoms with van der Waals surface area (Å²) in [6.45, 7) is 0. The lowest BCUT2D eigenvalue weighted by atomic mass is 9.96. The Hall–Kier alpha value is -2.57. The number of halogens is 1. The van der Waals surface area contributed by atoms with Gasteiger partial charge in [-0.1, -0.05) is 43.0 Å². The summed E-state index contributed by atoms with van der Waals surface area (Å²) < 4.78 is 1.80. The SMILES string of the molecule is Oc1ccc(C=Nn2c(-c3cccc(Cl)c3)csc2=NC2CCCCC2)c(O)c1. The Morgan fingerprint density at radius 1 is 1.07 bits per heavy atom. The van der Waals surface area contributed by atoms with Crippen molar-refractivity contribution in [2.24, 2.45) is 10.1 Å². The highest BCUT2D eigenvalue weighted by Crippen LogP contribution is 2.25. The molecule has 2 aromatic carbocycles.